The van der Waals surface area contributed by atoms with Crippen LogP contribution in [0, 0.1) is 0 Å². The number of nitrogens with one attached hydrogen (secondary N) is 1. The van der Waals surface area contributed by atoms with E-state index in [1.165, 1.54) is 0 Å². The highest BCUT2D eigenvalue weighted by Crippen LogP contribution is 2.30. The molecule has 0 aliphatic carbocycles. The molecule has 1 unspecified atom stereocenters. The third-order valence-electron chi connectivity index (χ3n) is 4.02. The lowest BCUT2D eigenvalue weighted by molar-refractivity contribution is -0.144. The summed E-state index contributed by atoms with van der Waals surface area (Å²) in [6, 6.07) is 15.1. The van der Waals surface area contributed by atoms with Gasteiger partial charge in [0.1, 0.15) is 18.4 Å². The summed E-state index contributed by atoms with van der Waals surface area (Å²) in [4.78, 5) is 15.0. The summed E-state index contributed by atoms with van der Waals surface area (Å²) in [6.45, 7) is 2.58. The first kappa shape index (κ1) is 17.0. The first-order valence-electron chi connectivity index (χ1n) is 8.37. The molecule has 130 valence electrons. The smallest absolute Gasteiger partial charge is 0.323 e. The van der Waals surface area contributed by atoms with E-state index in [4.69, 9.17) is 15.2 Å². The summed E-state index contributed by atoms with van der Waals surface area (Å²) >= 11 is 0. The van der Waals surface area contributed by atoms with Crippen molar-refractivity contribution in [2.45, 2.75) is 26.0 Å². The number of aromatic nitrogens is 1. The Labute approximate surface area is 146 Å². The van der Waals surface area contributed by atoms with Crippen LogP contribution in [0.2, 0.25) is 0 Å². The van der Waals surface area contributed by atoms with Gasteiger partial charge in [0.25, 0.3) is 0 Å². The SMILES string of the molecule is CCOC(=O)C(N)Cc1c[nH]c2cccc(OCc3ccccc3)c12. The van der Waals surface area contributed by atoms with Gasteiger partial charge in [0, 0.05) is 23.5 Å². The number of nitrogens with two attached hydrogens (primary N) is 1. The first-order valence-corrected chi connectivity index (χ1v) is 8.37. The number of rotatable bonds is 7. The Morgan fingerprint density at radius 1 is 1.16 bits per heavy atom. The molecule has 0 radical (unpaired) electrons. The molecular formula is C20H22N2O3. The van der Waals surface area contributed by atoms with Gasteiger partial charge in [-0.25, -0.2) is 0 Å². The van der Waals surface area contributed by atoms with Gasteiger partial charge in [-0.3, -0.25) is 4.79 Å². The summed E-state index contributed by atoms with van der Waals surface area (Å²) in [7, 11) is 0. The van der Waals surface area contributed by atoms with Crippen molar-refractivity contribution in [3.63, 3.8) is 0 Å². The topological polar surface area (TPSA) is 77.3 Å². The van der Waals surface area contributed by atoms with Gasteiger partial charge in [-0.2, -0.15) is 0 Å². The van der Waals surface area contributed by atoms with Crippen molar-refractivity contribution >= 4 is 16.9 Å². The molecule has 3 aromatic rings. The van der Waals surface area contributed by atoms with Crippen LogP contribution in [-0.4, -0.2) is 23.6 Å². The highest BCUT2D eigenvalue weighted by Gasteiger charge is 2.18. The number of fused-ring (bicyclic) bond motifs is 1. The Kier molecular flexibility index (Phi) is 5.36. The molecule has 0 saturated heterocycles. The molecule has 0 saturated carbocycles. The quantitative estimate of drug-likeness (QED) is 0.649. The largest absolute Gasteiger partial charge is 0.488 e. The Balaban J connectivity index is 1.82. The van der Waals surface area contributed by atoms with Gasteiger partial charge in [0.2, 0.25) is 0 Å². The molecule has 0 bridgehead atoms. The minimum absolute atomic E-state index is 0.325. The maximum absolute atomic E-state index is 11.8. The average Bonchev–Trinajstić information content (AvgIpc) is 3.04. The van der Waals surface area contributed by atoms with E-state index >= 15 is 0 Å². The van der Waals surface area contributed by atoms with Crippen molar-refractivity contribution in [1.29, 1.82) is 0 Å². The third-order valence-corrected chi connectivity index (χ3v) is 4.02. The van der Waals surface area contributed by atoms with Crippen LogP contribution < -0.4 is 10.5 Å². The molecule has 0 amide bonds. The van der Waals surface area contributed by atoms with Gasteiger partial charge in [0.15, 0.2) is 0 Å². The van der Waals surface area contributed by atoms with Crippen LogP contribution >= 0.6 is 0 Å². The number of benzene rings is 2. The molecule has 1 aromatic heterocycles. The van der Waals surface area contributed by atoms with Crippen LogP contribution in [-0.2, 0) is 22.6 Å². The molecule has 3 rings (SSSR count). The number of hydrogen-bond donors (Lipinski definition) is 2. The van der Waals surface area contributed by atoms with E-state index in [0.29, 0.717) is 19.6 Å². The van der Waals surface area contributed by atoms with Crippen LogP contribution in [0.5, 0.6) is 5.75 Å². The second-order valence-electron chi connectivity index (χ2n) is 5.83. The number of hydrogen-bond acceptors (Lipinski definition) is 4. The molecule has 5 nitrogen and oxygen atoms in total. The Morgan fingerprint density at radius 3 is 2.72 bits per heavy atom. The number of H-pyrrole nitrogens is 1. The van der Waals surface area contributed by atoms with Crippen molar-refractivity contribution in [3.05, 3.63) is 65.9 Å². The van der Waals surface area contributed by atoms with E-state index in [9.17, 15) is 4.79 Å². The standard InChI is InChI=1S/C20H22N2O3/c1-2-24-20(23)16(21)11-15-12-22-17-9-6-10-18(19(15)17)25-13-14-7-4-3-5-8-14/h3-10,12,16,22H,2,11,13,21H2,1H3. The second-order valence-corrected chi connectivity index (χ2v) is 5.83. The summed E-state index contributed by atoms with van der Waals surface area (Å²) in [6.07, 6.45) is 2.27. The molecule has 0 aliphatic rings. The molecule has 25 heavy (non-hydrogen) atoms. The fourth-order valence-corrected chi connectivity index (χ4v) is 2.81. The highest BCUT2D eigenvalue weighted by atomic mass is 16.5. The lowest BCUT2D eigenvalue weighted by Gasteiger charge is -2.12. The Morgan fingerprint density at radius 2 is 1.96 bits per heavy atom. The van der Waals surface area contributed by atoms with Crippen LogP contribution in [0.1, 0.15) is 18.1 Å². The Bertz CT molecular complexity index is 843. The minimum atomic E-state index is -0.693. The zero-order valence-corrected chi connectivity index (χ0v) is 14.2. The monoisotopic (exact) mass is 338 g/mol. The summed E-state index contributed by atoms with van der Waals surface area (Å²) in [5.74, 6) is 0.383. The predicted octanol–water partition coefficient (Wildman–Crippen LogP) is 3.18. The molecule has 2 aromatic carbocycles. The zero-order valence-electron chi connectivity index (χ0n) is 14.2. The van der Waals surface area contributed by atoms with E-state index in [0.717, 1.165) is 27.8 Å². The van der Waals surface area contributed by atoms with Crippen LogP contribution in [0.4, 0.5) is 0 Å². The normalized spacial score (nSPS) is 12.1. The van der Waals surface area contributed by atoms with E-state index in [-0.39, 0.29) is 5.97 Å². The average molecular weight is 338 g/mol. The number of ether oxygens (including phenoxy) is 2. The fraction of sp³-hybridized carbons (Fsp3) is 0.250. The number of carbonyl (C=O) groups is 1. The molecule has 0 aliphatic heterocycles. The second kappa shape index (κ2) is 7.85. The number of aromatic amines is 1. The molecule has 1 atom stereocenters. The summed E-state index contributed by atoms with van der Waals surface area (Å²) in [5, 5.41) is 0.957. The van der Waals surface area contributed by atoms with Crippen molar-refractivity contribution in [1.82, 2.24) is 4.98 Å². The van der Waals surface area contributed by atoms with Crippen LogP contribution in [0.15, 0.2) is 54.7 Å². The van der Waals surface area contributed by atoms with Crippen LogP contribution in [0.3, 0.4) is 0 Å². The molecule has 0 fully saturated rings. The van der Waals surface area contributed by atoms with E-state index in [1.54, 1.807) is 6.92 Å². The van der Waals surface area contributed by atoms with Crippen molar-refractivity contribution in [2.24, 2.45) is 5.73 Å². The van der Waals surface area contributed by atoms with Gasteiger partial charge in [-0.05, 0) is 30.2 Å². The molecule has 1 heterocycles. The van der Waals surface area contributed by atoms with Crippen molar-refractivity contribution in [2.75, 3.05) is 6.61 Å². The van der Waals surface area contributed by atoms with Crippen molar-refractivity contribution in [3.8, 4) is 5.75 Å². The summed E-state index contributed by atoms with van der Waals surface area (Å²) in [5.41, 5.74) is 8.97. The first-order chi connectivity index (χ1) is 12.2. The van der Waals surface area contributed by atoms with Gasteiger partial charge in [-0.15, -0.1) is 0 Å². The van der Waals surface area contributed by atoms with E-state index in [1.807, 2.05) is 54.7 Å². The van der Waals surface area contributed by atoms with Gasteiger partial charge >= 0.3 is 5.97 Å². The Hall–Kier alpha value is -2.79. The van der Waals surface area contributed by atoms with Gasteiger partial charge in [0.05, 0.1) is 6.61 Å². The lowest BCUT2D eigenvalue weighted by Crippen LogP contribution is -2.34. The number of carbonyl (C=O) groups excluding carboxylic acids is 1. The molecule has 5 heteroatoms. The van der Waals surface area contributed by atoms with Crippen LogP contribution in [0.25, 0.3) is 10.9 Å². The van der Waals surface area contributed by atoms with Gasteiger partial charge in [-0.1, -0.05) is 36.4 Å². The summed E-state index contributed by atoms with van der Waals surface area (Å²) < 4.78 is 11.0. The third kappa shape index (κ3) is 4.00. The highest BCUT2D eigenvalue weighted by molar-refractivity contribution is 5.90. The van der Waals surface area contributed by atoms with E-state index in [2.05, 4.69) is 4.98 Å². The predicted molar refractivity (Wildman–Crippen MR) is 97.4 cm³/mol. The lowest BCUT2D eigenvalue weighted by atomic mass is 10.0. The molecule has 0 spiro atoms. The van der Waals surface area contributed by atoms with E-state index < -0.39 is 6.04 Å². The molecular weight excluding hydrogens is 316 g/mol. The molecule has 3 N–H and O–H groups in total. The van der Waals surface area contributed by atoms with Gasteiger partial charge < -0.3 is 20.2 Å². The van der Waals surface area contributed by atoms with Crippen molar-refractivity contribution < 1.29 is 14.3 Å². The fourth-order valence-electron chi connectivity index (χ4n) is 2.81. The minimum Gasteiger partial charge on any atom is -0.488 e. The zero-order chi connectivity index (χ0) is 17.6. The maximum Gasteiger partial charge on any atom is 0.323 e. The number of esters is 1. The maximum atomic E-state index is 11.8.